The molecule has 1 saturated heterocycles. The molecule has 1 aliphatic heterocycles. The van der Waals surface area contributed by atoms with Crippen LogP contribution < -0.4 is 5.32 Å². The summed E-state index contributed by atoms with van der Waals surface area (Å²) in [5, 5.41) is 7.79. The second kappa shape index (κ2) is 8.87. The Labute approximate surface area is 195 Å². The molecule has 1 fully saturated rings. The molecule has 7 nitrogen and oxygen atoms in total. The number of nitrogens with zero attached hydrogens (tertiary/aromatic N) is 2. The van der Waals surface area contributed by atoms with E-state index in [1.54, 1.807) is 43.5 Å². The molecule has 1 amide bonds. The highest BCUT2D eigenvalue weighted by Gasteiger charge is 2.26. The van der Waals surface area contributed by atoms with Gasteiger partial charge in [0.05, 0.1) is 5.56 Å². The quantitative estimate of drug-likeness (QED) is 0.445. The van der Waals surface area contributed by atoms with Crippen LogP contribution in [-0.2, 0) is 11.8 Å². The molecule has 0 saturated carbocycles. The zero-order chi connectivity index (χ0) is 23.8. The monoisotopic (exact) mass is 461 g/mol. The van der Waals surface area contributed by atoms with E-state index in [-0.39, 0.29) is 17.7 Å². The number of hydrogen-bond acceptors (Lipinski definition) is 5. The third kappa shape index (κ3) is 4.01. The number of halogens is 1. The Kier molecular flexibility index (Phi) is 5.75. The average Bonchev–Trinajstić information content (AvgIpc) is 3.39. The van der Waals surface area contributed by atoms with Gasteiger partial charge in [-0.05, 0) is 44.0 Å². The van der Waals surface area contributed by atoms with E-state index in [1.807, 2.05) is 11.6 Å². The lowest BCUT2D eigenvalue weighted by molar-refractivity contribution is 0.0696. The molecule has 1 aliphatic rings. The molecular weight excluding hydrogens is 437 g/mol. The van der Waals surface area contributed by atoms with E-state index >= 15 is 0 Å². The van der Waals surface area contributed by atoms with E-state index in [0.717, 1.165) is 18.4 Å². The molecule has 5 rings (SSSR count). The van der Waals surface area contributed by atoms with Crippen molar-refractivity contribution in [2.75, 3.05) is 13.2 Å². The fourth-order valence-corrected chi connectivity index (χ4v) is 4.42. The van der Waals surface area contributed by atoms with Crippen molar-refractivity contribution in [3.63, 3.8) is 0 Å². The van der Waals surface area contributed by atoms with Gasteiger partial charge in [0, 0.05) is 60.1 Å². The van der Waals surface area contributed by atoms with Crippen LogP contribution in [0.15, 0.2) is 53.2 Å². The summed E-state index contributed by atoms with van der Waals surface area (Å²) in [6.45, 7) is 2.95. The van der Waals surface area contributed by atoms with Gasteiger partial charge >= 0.3 is 0 Å². The Hall–Kier alpha value is -3.78. The molecule has 34 heavy (non-hydrogen) atoms. The molecule has 4 aromatic rings. The van der Waals surface area contributed by atoms with E-state index in [2.05, 4.69) is 10.5 Å². The lowest BCUT2D eigenvalue weighted by atomic mass is 9.97. The lowest BCUT2D eigenvalue weighted by Gasteiger charge is -2.23. The van der Waals surface area contributed by atoms with Crippen molar-refractivity contribution in [1.29, 1.82) is 0 Å². The zero-order valence-electron chi connectivity index (χ0n) is 18.9. The SMILES string of the molecule is Cc1onc(-c2cccc(F)c2)c1C(=O)c1cn(C)c2cc(C(=O)NC3CCOCC3)ccc12. The number of aromatic nitrogens is 2. The molecule has 0 radical (unpaired) electrons. The Bertz CT molecular complexity index is 1400. The van der Waals surface area contributed by atoms with Crippen LogP contribution in [0.4, 0.5) is 4.39 Å². The number of carbonyl (C=O) groups is 2. The number of carbonyl (C=O) groups excluding carboxylic acids is 2. The standard InChI is InChI=1S/C26H24FN3O4/c1-15-23(24(29-34-15)16-4-3-5-18(27)12-16)25(31)21-14-30(2)22-13-17(6-7-20(21)22)26(32)28-19-8-10-33-11-9-19/h3-7,12-14,19H,8-11H2,1-2H3,(H,28,32). The summed E-state index contributed by atoms with van der Waals surface area (Å²) in [6, 6.07) is 11.3. The van der Waals surface area contributed by atoms with Gasteiger partial charge in [0.25, 0.3) is 5.91 Å². The summed E-state index contributed by atoms with van der Waals surface area (Å²) in [4.78, 5) is 26.4. The molecule has 2 aromatic carbocycles. The molecular formula is C26H24FN3O4. The van der Waals surface area contributed by atoms with Gasteiger partial charge in [0.1, 0.15) is 17.3 Å². The first-order valence-electron chi connectivity index (χ1n) is 11.2. The third-order valence-electron chi connectivity index (χ3n) is 6.24. The van der Waals surface area contributed by atoms with E-state index < -0.39 is 5.82 Å². The Morgan fingerprint density at radius 2 is 1.94 bits per heavy atom. The number of hydrogen-bond donors (Lipinski definition) is 1. The van der Waals surface area contributed by atoms with Crippen molar-refractivity contribution in [2.24, 2.45) is 7.05 Å². The van der Waals surface area contributed by atoms with Crippen LogP contribution in [0.3, 0.4) is 0 Å². The highest BCUT2D eigenvalue weighted by Crippen LogP contribution is 2.31. The van der Waals surface area contributed by atoms with Crippen LogP contribution in [0, 0.1) is 12.7 Å². The van der Waals surface area contributed by atoms with E-state index in [9.17, 15) is 14.0 Å². The topological polar surface area (TPSA) is 86.4 Å². The van der Waals surface area contributed by atoms with Gasteiger partial charge in [-0.1, -0.05) is 23.4 Å². The van der Waals surface area contributed by atoms with Gasteiger partial charge in [0.15, 0.2) is 0 Å². The maximum absolute atomic E-state index is 13.8. The van der Waals surface area contributed by atoms with Crippen molar-refractivity contribution < 1.29 is 23.2 Å². The first-order valence-corrected chi connectivity index (χ1v) is 11.2. The van der Waals surface area contributed by atoms with Crippen LogP contribution in [0.2, 0.25) is 0 Å². The summed E-state index contributed by atoms with van der Waals surface area (Å²) >= 11 is 0. The van der Waals surface area contributed by atoms with Gasteiger partial charge in [-0.15, -0.1) is 0 Å². The number of ether oxygens (including phenoxy) is 1. The van der Waals surface area contributed by atoms with Crippen molar-refractivity contribution in [3.05, 3.63) is 76.9 Å². The van der Waals surface area contributed by atoms with Crippen LogP contribution in [0.25, 0.3) is 22.2 Å². The third-order valence-corrected chi connectivity index (χ3v) is 6.24. The van der Waals surface area contributed by atoms with Gasteiger partial charge < -0.3 is 19.1 Å². The fourth-order valence-electron chi connectivity index (χ4n) is 4.42. The average molecular weight is 461 g/mol. The number of rotatable bonds is 5. The summed E-state index contributed by atoms with van der Waals surface area (Å²) < 4.78 is 26.3. The maximum Gasteiger partial charge on any atom is 0.251 e. The zero-order valence-corrected chi connectivity index (χ0v) is 18.9. The largest absolute Gasteiger partial charge is 0.381 e. The normalized spacial score (nSPS) is 14.4. The van der Waals surface area contributed by atoms with Crippen molar-refractivity contribution in [2.45, 2.75) is 25.8 Å². The van der Waals surface area contributed by atoms with Gasteiger partial charge in [-0.3, -0.25) is 9.59 Å². The Morgan fingerprint density at radius 3 is 2.71 bits per heavy atom. The van der Waals surface area contributed by atoms with E-state index in [0.29, 0.717) is 52.3 Å². The minimum atomic E-state index is -0.423. The first kappa shape index (κ1) is 22.0. The van der Waals surface area contributed by atoms with Crippen LogP contribution >= 0.6 is 0 Å². The molecule has 0 atom stereocenters. The number of fused-ring (bicyclic) bond motifs is 1. The summed E-state index contributed by atoms with van der Waals surface area (Å²) in [5.41, 5.74) is 2.79. The molecule has 0 bridgehead atoms. The second-order valence-electron chi connectivity index (χ2n) is 8.55. The number of ketones is 1. The smallest absolute Gasteiger partial charge is 0.251 e. The lowest BCUT2D eigenvalue weighted by Crippen LogP contribution is -2.38. The van der Waals surface area contributed by atoms with Crippen LogP contribution in [0.1, 0.15) is 44.9 Å². The molecule has 174 valence electrons. The molecule has 1 N–H and O–H groups in total. The first-order chi connectivity index (χ1) is 16.4. The predicted octanol–water partition coefficient (Wildman–Crippen LogP) is 4.42. The summed E-state index contributed by atoms with van der Waals surface area (Å²) in [5.74, 6) is -0.490. The Balaban J connectivity index is 1.49. The molecule has 8 heteroatoms. The predicted molar refractivity (Wildman–Crippen MR) is 124 cm³/mol. The van der Waals surface area contributed by atoms with Gasteiger partial charge in [-0.25, -0.2) is 4.39 Å². The summed E-state index contributed by atoms with van der Waals surface area (Å²) in [7, 11) is 1.83. The second-order valence-corrected chi connectivity index (χ2v) is 8.55. The minimum Gasteiger partial charge on any atom is -0.381 e. The molecule has 0 aliphatic carbocycles. The minimum absolute atomic E-state index is 0.0975. The number of aryl methyl sites for hydroxylation is 2. The fraction of sp³-hybridized carbons (Fsp3) is 0.269. The van der Waals surface area contributed by atoms with Crippen LogP contribution in [0.5, 0.6) is 0 Å². The summed E-state index contributed by atoms with van der Waals surface area (Å²) in [6.07, 6.45) is 3.32. The van der Waals surface area contributed by atoms with Crippen LogP contribution in [-0.4, -0.2) is 40.7 Å². The highest BCUT2D eigenvalue weighted by atomic mass is 19.1. The van der Waals surface area contributed by atoms with Crippen molar-refractivity contribution in [1.82, 2.24) is 15.0 Å². The highest BCUT2D eigenvalue weighted by molar-refractivity contribution is 6.19. The van der Waals surface area contributed by atoms with E-state index in [1.165, 1.54) is 12.1 Å². The number of amides is 1. The molecule has 0 spiro atoms. The van der Waals surface area contributed by atoms with Gasteiger partial charge in [-0.2, -0.15) is 0 Å². The van der Waals surface area contributed by atoms with Gasteiger partial charge in [0.2, 0.25) is 5.78 Å². The van der Waals surface area contributed by atoms with Crippen molar-refractivity contribution in [3.8, 4) is 11.3 Å². The van der Waals surface area contributed by atoms with E-state index in [4.69, 9.17) is 9.26 Å². The Morgan fingerprint density at radius 1 is 1.15 bits per heavy atom. The molecule has 0 unspecified atom stereocenters. The maximum atomic E-state index is 13.8. The van der Waals surface area contributed by atoms with Crippen molar-refractivity contribution >= 4 is 22.6 Å². The number of benzene rings is 2. The molecule has 3 heterocycles. The molecule has 2 aromatic heterocycles. The number of nitrogens with one attached hydrogen (secondary N) is 1.